The third-order valence-corrected chi connectivity index (χ3v) is 4.27. The molecule has 1 fully saturated rings. The molecule has 1 aromatic carbocycles. The third kappa shape index (κ3) is 2.72. The molecule has 0 radical (unpaired) electrons. The van der Waals surface area contributed by atoms with Gasteiger partial charge >= 0.3 is 0 Å². The van der Waals surface area contributed by atoms with E-state index in [1.165, 1.54) is 25.0 Å². The molecule has 1 aromatic rings. The molecule has 0 aromatic heterocycles. The molecule has 0 unspecified atom stereocenters. The van der Waals surface area contributed by atoms with E-state index >= 15 is 0 Å². The highest BCUT2D eigenvalue weighted by Gasteiger charge is 2.23. The molecule has 0 aliphatic heterocycles. The van der Waals surface area contributed by atoms with Crippen LogP contribution in [-0.4, -0.2) is 13.1 Å². The fraction of sp³-hybridized carbons (Fsp3) is 0.571. The van der Waals surface area contributed by atoms with Gasteiger partial charge in [-0.2, -0.15) is 0 Å². The van der Waals surface area contributed by atoms with Crippen LogP contribution < -0.4 is 10.6 Å². The van der Waals surface area contributed by atoms with E-state index in [0.29, 0.717) is 11.7 Å². The number of hydrogen-bond donors (Lipinski definition) is 1. The van der Waals surface area contributed by atoms with Crippen LogP contribution in [-0.2, 0) is 0 Å². The topological polar surface area (TPSA) is 29.3 Å². The summed E-state index contributed by atoms with van der Waals surface area (Å²) in [6.45, 7) is 2.28. The maximum atomic E-state index is 13.5. The Balaban J connectivity index is 2.18. The van der Waals surface area contributed by atoms with Crippen molar-refractivity contribution in [3.63, 3.8) is 0 Å². The second-order valence-corrected chi connectivity index (χ2v) is 5.76. The van der Waals surface area contributed by atoms with Crippen LogP contribution in [0.5, 0.6) is 0 Å². The van der Waals surface area contributed by atoms with Gasteiger partial charge in [0, 0.05) is 19.2 Å². The highest BCUT2D eigenvalue weighted by molar-refractivity contribution is 6.31. The smallest absolute Gasteiger partial charge is 0.144 e. The number of benzene rings is 1. The van der Waals surface area contributed by atoms with Crippen molar-refractivity contribution >= 4 is 23.0 Å². The summed E-state index contributed by atoms with van der Waals surface area (Å²) in [5, 5.41) is 0.0851. The average Bonchev–Trinajstić information content (AvgIpc) is 2.34. The molecular formula is C14H20ClFN2. The van der Waals surface area contributed by atoms with Gasteiger partial charge in [0.2, 0.25) is 0 Å². The number of rotatable bonds is 2. The van der Waals surface area contributed by atoms with E-state index in [9.17, 15) is 4.39 Å². The van der Waals surface area contributed by atoms with E-state index in [-0.39, 0.29) is 5.02 Å². The molecule has 4 heteroatoms. The van der Waals surface area contributed by atoms with Gasteiger partial charge in [0.15, 0.2) is 0 Å². The Hall–Kier alpha value is -0.960. The Kier molecular flexibility index (Phi) is 4.00. The first-order valence-corrected chi connectivity index (χ1v) is 6.84. The molecule has 1 aliphatic carbocycles. The summed E-state index contributed by atoms with van der Waals surface area (Å²) in [7, 11) is 1.99. The van der Waals surface area contributed by atoms with Gasteiger partial charge in [-0.1, -0.05) is 18.5 Å². The normalized spacial score (nSPS) is 24.0. The highest BCUT2D eigenvalue weighted by atomic mass is 35.5. The lowest BCUT2D eigenvalue weighted by Crippen LogP contribution is -2.35. The highest BCUT2D eigenvalue weighted by Crippen LogP contribution is 2.34. The number of nitrogens with zero attached hydrogens (tertiary/aromatic N) is 1. The number of anilines is 2. The van der Waals surface area contributed by atoms with E-state index in [2.05, 4.69) is 11.8 Å². The van der Waals surface area contributed by atoms with Crippen molar-refractivity contribution in [1.82, 2.24) is 0 Å². The van der Waals surface area contributed by atoms with Gasteiger partial charge in [-0.15, -0.1) is 0 Å². The summed E-state index contributed by atoms with van der Waals surface area (Å²) in [6.07, 6.45) is 4.73. The minimum atomic E-state index is -0.406. The number of halogens is 2. The minimum Gasteiger partial charge on any atom is -0.397 e. The predicted octanol–water partition coefficient (Wildman–Crippen LogP) is 4.08. The zero-order valence-corrected chi connectivity index (χ0v) is 11.7. The van der Waals surface area contributed by atoms with Crippen LogP contribution in [0.2, 0.25) is 5.02 Å². The van der Waals surface area contributed by atoms with Crippen LogP contribution in [0.15, 0.2) is 12.1 Å². The summed E-state index contributed by atoms with van der Waals surface area (Å²) in [4.78, 5) is 2.10. The first-order chi connectivity index (χ1) is 8.49. The van der Waals surface area contributed by atoms with Crippen LogP contribution in [0.1, 0.15) is 32.6 Å². The van der Waals surface area contributed by atoms with Crippen molar-refractivity contribution in [1.29, 1.82) is 0 Å². The molecule has 0 spiro atoms. The standard InChI is InChI=1S/C14H20ClFN2/c1-9-3-5-10(6-4-9)18(2)14-8-12(16)11(15)7-13(14)17/h7-10H,3-6,17H2,1-2H3. The van der Waals surface area contributed by atoms with Crippen molar-refractivity contribution < 1.29 is 4.39 Å². The molecule has 2 rings (SSSR count). The van der Waals surface area contributed by atoms with E-state index in [1.54, 1.807) is 0 Å². The molecule has 0 amide bonds. The SMILES string of the molecule is CC1CCC(N(C)c2cc(F)c(Cl)cc2N)CC1. The van der Waals surface area contributed by atoms with Gasteiger partial charge in [0.05, 0.1) is 16.4 Å². The van der Waals surface area contributed by atoms with Gasteiger partial charge in [-0.3, -0.25) is 0 Å². The van der Waals surface area contributed by atoms with Crippen molar-refractivity contribution in [2.75, 3.05) is 17.7 Å². The van der Waals surface area contributed by atoms with Crippen LogP contribution in [0.25, 0.3) is 0 Å². The monoisotopic (exact) mass is 270 g/mol. The molecule has 100 valence electrons. The van der Waals surface area contributed by atoms with E-state index in [0.717, 1.165) is 24.4 Å². The van der Waals surface area contributed by atoms with Gasteiger partial charge < -0.3 is 10.6 Å². The number of nitrogen functional groups attached to an aromatic ring is 1. The lowest BCUT2D eigenvalue weighted by Gasteiger charge is -2.35. The second-order valence-electron chi connectivity index (χ2n) is 5.35. The molecule has 1 saturated carbocycles. The van der Waals surface area contributed by atoms with E-state index in [1.807, 2.05) is 7.05 Å². The predicted molar refractivity (Wildman–Crippen MR) is 75.6 cm³/mol. The van der Waals surface area contributed by atoms with E-state index < -0.39 is 5.82 Å². The van der Waals surface area contributed by atoms with Crippen LogP contribution in [0.3, 0.4) is 0 Å². The van der Waals surface area contributed by atoms with Gasteiger partial charge in [-0.05, 0) is 37.7 Å². The average molecular weight is 271 g/mol. The van der Waals surface area contributed by atoms with Crippen molar-refractivity contribution in [3.05, 3.63) is 23.0 Å². The van der Waals surface area contributed by atoms with Crippen molar-refractivity contribution in [2.24, 2.45) is 5.92 Å². The minimum absolute atomic E-state index is 0.0851. The zero-order chi connectivity index (χ0) is 13.3. The summed E-state index contributed by atoms with van der Waals surface area (Å²) < 4.78 is 13.5. The number of nitrogens with two attached hydrogens (primary N) is 1. The lowest BCUT2D eigenvalue weighted by atomic mass is 9.86. The molecule has 2 N–H and O–H groups in total. The van der Waals surface area contributed by atoms with Crippen molar-refractivity contribution in [2.45, 2.75) is 38.6 Å². The third-order valence-electron chi connectivity index (χ3n) is 3.98. The Labute approximate surface area is 113 Å². The second kappa shape index (κ2) is 5.35. The molecule has 0 bridgehead atoms. The quantitative estimate of drug-likeness (QED) is 0.821. The Morgan fingerprint density at radius 1 is 1.28 bits per heavy atom. The van der Waals surface area contributed by atoms with Crippen LogP contribution in [0.4, 0.5) is 15.8 Å². The summed E-state index contributed by atoms with van der Waals surface area (Å²) >= 11 is 5.72. The maximum Gasteiger partial charge on any atom is 0.144 e. The molecular weight excluding hydrogens is 251 g/mol. The lowest BCUT2D eigenvalue weighted by molar-refractivity contribution is 0.341. The van der Waals surface area contributed by atoms with Crippen molar-refractivity contribution in [3.8, 4) is 0 Å². The Morgan fingerprint density at radius 3 is 2.50 bits per heavy atom. The molecule has 0 heterocycles. The zero-order valence-electron chi connectivity index (χ0n) is 10.9. The maximum absolute atomic E-state index is 13.5. The Morgan fingerprint density at radius 2 is 1.89 bits per heavy atom. The van der Waals surface area contributed by atoms with Crippen LogP contribution in [0, 0.1) is 11.7 Å². The fourth-order valence-electron chi connectivity index (χ4n) is 2.68. The first kappa shape index (κ1) is 13.5. The van der Waals surface area contributed by atoms with E-state index in [4.69, 9.17) is 17.3 Å². The molecule has 1 aliphatic rings. The number of hydrogen-bond acceptors (Lipinski definition) is 2. The van der Waals surface area contributed by atoms with Gasteiger partial charge in [0.1, 0.15) is 5.82 Å². The van der Waals surface area contributed by atoms with Gasteiger partial charge in [-0.25, -0.2) is 4.39 Å². The molecule has 0 atom stereocenters. The van der Waals surface area contributed by atoms with Gasteiger partial charge in [0.25, 0.3) is 0 Å². The van der Waals surface area contributed by atoms with Crippen LogP contribution >= 0.6 is 11.6 Å². The largest absolute Gasteiger partial charge is 0.397 e. The summed E-state index contributed by atoms with van der Waals surface area (Å²) in [5.74, 6) is 0.394. The molecule has 2 nitrogen and oxygen atoms in total. The molecule has 18 heavy (non-hydrogen) atoms. The Bertz CT molecular complexity index is 428. The summed E-state index contributed by atoms with van der Waals surface area (Å²) in [6, 6.07) is 3.38. The first-order valence-electron chi connectivity index (χ1n) is 6.46. The fourth-order valence-corrected chi connectivity index (χ4v) is 2.86. The summed E-state index contributed by atoms with van der Waals surface area (Å²) in [5.41, 5.74) is 7.22. The molecule has 0 saturated heterocycles.